The van der Waals surface area contributed by atoms with Crippen LogP contribution < -0.4 is 16.4 Å². The third-order valence-corrected chi connectivity index (χ3v) is 5.14. The van der Waals surface area contributed by atoms with Crippen LogP contribution in [0.3, 0.4) is 0 Å². The summed E-state index contributed by atoms with van der Waals surface area (Å²) in [7, 11) is 0. The molecule has 2 aromatic rings. The summed E-state index contributed by atoms with van der Waals surface area (Å²) in [6.45, 7) is 4.78. The van der Waals surface area contributed by atoms with Crippen molar-refractivity contribution in [3.8, 4) is 0 Å². The van der Waals surface area contributed by atoms with E-state index in [4.69, 9.17) is 5.73 Å². The second-order valence-corrected chi connectivity index (χ2v) is 8.21. The molecule has 0 bridgehead atoms. The third kappa shape index (κ3) is 5.83. The second-order valence-electron chi connectivity index (χ2n) is 8.21. The van der Waals surface area contributed by atoms with Crippen LogP contribution in [0.15, 0.2) is 35.3 Å². The van der Waals surface area contributed by atoms with E-state index < -0.39 is 29.1 Å². The van der Waals surface area contributed by atoms with E-state index in [9.17, 15) is 23.1 Å². The Balaban J connectivity index is 1.93. The number of benzene rings is 1. The lowest BCUT2D eigenvalue weighted by Gasteiger charge is -2.23. The number of nitrogen functional groups attached to an aromatic ring is 1. The second kappa shape index (κ2) is 9.25. The molecule has 0 radical (unpaired) electrons. The summed E-state index contributed by atoms with van der Waals surface area (Å²) in [5.74, 6) is -0.840. The minimum absolute atomic E-state index is 0.150. The number of alkyl halides is 3. The number of pyridine rings is 1. The Morgan fingerprint density at radius 2 is 1.97 bits per heavy atom. The number of piperidine rings is 1. The van der Waals surface area contributed by atoms with Gasteiger partial charge in [-0.15, -0.1) is 0 Å². The molecular weight excluding hydrogens is 423 g/mol. The first-order valence-corrected chi connectivity index (χ1v) is 10.2. The summed E-state index contributed by atoms with van der Waals surface area (Å²) < 4.78 is 38.9. The molecule has 0 saturated carbocycles. The van der Waals surface area contributed by atoms with E-state index in [1.807, 2.05) is 0 Å². The largest absolute Gasteiger partial charge is 0.433 e. The average molecular weight is 449 g/mol. The number of nitrogens with one attached hydrogen (secondary N) is 2. The van der Waals surface area contributed by atoms with Crippen LogP contribution in [-0.4, -0.2) is 41.3 Å². The molecular formula is C22H26F3N5O2. The quantitative estimate of drug-likeness (QED) is 0.413. The first kappa shape index (κ1) is 23.7. The number of hydrogen-bond donors (Lipinski definition) is 4. The molecule has 172 valence electrons. The highest BCUT2D eigenvalue weighted by molar-refractivity contribution is 6.04. The van der Waals surface area contributed by atoms with E-state index in [1.54, 1.807) is 12.3 Å². The number of aliphatic imine (C=N–C) groups is 1. The third-order valence-electron chi connectivity index (χ3n) is 5.14. The van der Waals surface area contributed by atoms with E-state index in [2.05, 4.69) is 20.6 Å². The molecule has 1 fully saturated rings. The molecule has 2 heterocycles. The minimum Gasteiger partial charge on any atom is -0.398 e. The zero-order chi connectivity index (χ0) is 23.5. The molecule has 0 aliphatic carbocycles. The van der Waals surface area contributed by atoms with Gasteiger partial charge in [0.2, 0.25) is 0 Å². The summed E-state index contributed by atoms with van der Waals surface area (Å²) in [6.07, 6.45) is -1.27. The molecule has 1 aliphatic rings. The zero-order valence-electron chi connectivity index (χ0n) is 17.8. The normalized spacial score (nSPS) is 15.8. The Hall–Kier alpha value is -2.98. The molecule has 1 aliphatic heterocycles. The van der Waals surface area contributed by atoms with Crippen molar-refractivity contribution in [1.29, 1.82) is 0 Å². The summed E-state index contributed by atoms with van der Waals surface area (Å²) >= 11 is 0. The fourth-order valence-electron chi connectivity index (χ4n) is 3.40. The van der Waals surface area contributed by atoms with Crippen LogP contribution in [0.25, 0.3) is 0 Å². The van der Waals surface area contributed by atoms with Gasteiger partial charge in [-0.05, 0) is 64.0 Å². The molecule has 7 nitrogen and oxygen atoms in total. The number of aliphatic hydroxyl groups is 1. The van der Waals surface area contributed by atoms with E-state index in [-0.39, 0.29) is 11.7 Å². The van der Waals surface area contributed by atoms with Crippen LogP contribution >= 0.6 is 0 Å². The van der Waals surface area contributed by atoms with Crippen molar-refractivity contribution in [3.63, 3.8) is 0 Å². The van der Waals surface area contributed by atoms with Gasteiger partial charge in [0.05, 0.1) is 11.6 Å². The highest BCUT2D eigenvalue weighted by Gasteiger charge is 2.33. The molecule has 1 saturated heterocycles. The van der Waals surface area contributed by atoms with Crippen molar-refractivity contribution in [3.05, 3.63) is 52.8 Å². The molecule has 32 heavy (non-hydrogen) atoms. The van der Waals surface area contributed by atoms with Gasteiger partial charge in [-0.25, -0.2) is 4.98 Å². The molecule has 5 N–H and O–H groups in total. The van der Waals surface area contributed by atoms with E-state index in [0.717, 1.165) is 38.1 Å². The zero-order valence-corrected chi connectivity index (χ0v) is 17.8. The topological polar surface area (TPSA) is 113 Å². The van der Waals surface area contributed by atoms with Crippen LogP contribution in [0.2, 0.25) is 0 Å². The Bertz CT molecular complexity index is 1010. The lowest BCUT2D eigenvalue weighted by atomic mass is 9.94. The SMILES string of the molecule is CC(C)(O)c1cc(N)c(C=NC2CCNCC2)cc1NC(=O)c1cccc(C(F)(F)F)n1. The van der Waals surface area contributed by atoms with E-state index >= 15 is 0 Å². The number of carbonyl (C=O) groups excluding carboxylic acids is 1. The van der Waals surface area contributed by atoms with E-state index in [1.165, 1.54) is 26.0 Å². The Labute approximate surface area is 184 Å². The molecule has 1 aromatic carbocycles. The maximum atomic E-state index is 13.0. The number of rotatable bonds is 5. The predicted octanol–water partition coefficient (Wildman–Crippen LogP) is 3.33. The summed E-state index contributed by atoms with van der Waals surface area (Å²) in [5.41, 5.74) is 4.62. The van der Waals surface area contributed by atoms with Crippen molar-refractivity contribution in [2.45, 2.75) is 44.5 Å². The summed E-state index contributed by atoms with van der Waals surface area (Å²) in [6, 6.07) is 6.32. The molecule has 0 atom stereocenters. The average Bonchev–Trinajstić information content (AvgIpc) is 2.73. The Morgan fingerprint density at radius 1 is 1.28 bits per heavy atom. The summed E-state index contributed by atoms with van der Waals surface area (Å²) in [4.78, 5) is 20.7. The number of hydrogen-bond acceptors (Lipinski definition) is 6. The Kier molecular flexibility index (Phi) is 6.85. The van der Waals surface area contributed by atoms with Gasteiger partial charge in [0, 0.05) is 28.7 Å². The Morgan fingerprint density at radius 3 is 2.59 bits per heavy atom. The molecule has 1 amide bonds. The fourth-order valence-corrected chi connectivity index (χ4v) is 3.40. The standard InChI is InChI=1S/C22H26F3N5O2/c1-21(2,32)15-11-16(26)13(12-28-14-6-8-27-9-7-14)10-18(15)30-20(31)17-4-3-5-19(29-17)22(23,24)25/h3-5,10-12,14,27,32H,6-9,26H2,1-2H3,(H,30,31). The fraction of sp³-hybridized carbons (Fsp3) is 0.409. The van der Waals surface area contributed by atoms with Crippen molar-refractivity contribution in [1.82, 2.24) is 10.3 Å². The van der Waals surface area contributed by atoms with Crippen molar-refractivity contribution >= 4 is 23.5 Å². The molecule has 0 unspecified atom stereocenters. The first-order valence-electron chi connectivity index (χ1n) is 10.2. The first-order chi connectivity index (χ1) is 14.9. The molecule has 0 spiro atoms. The molecule has 1 aromatic heterocycles. The van der Waals surface area contributed by atoms with Gasteiger partial charge in [0.25, 0.3) is 5.91 Å². The maximum Gasteiger partial charge on any atom is 0.433 e. The van der Waals surface area contributed by atoms with Gasteiger partial charge in [-0.3, -0.25) is 9.79 Å². The predicted molar refractivity (Wildman–Crippen MR) is 117 cm³/mol. The smallest absolute Gasteiger partial charge is 0.398 e. The number of anilines is 2. The number of halogens is 3. The minimum atomic E-state index is -4.67. The van der Waals surface area contributed by atoms with Crippen molar-refractivity contribution < 1.29 is 23.1 Å². The van der Waals surface area contributed by atoms with Crippen LogP contribution in [0, 0.1) is 0 Å². The van der Waals surface area contributed by atoms with Gasteiger partial charge >= 0.3 is 6.18 Å². The van der Waals surface area contributed by atoms with Gasteiger partial charge in [0.1, 0.15) is 11.4 Å². The van der Waals surface area contributed by atoms with Crippen LogP contribution in [-0.2, 0) is 11.8 Å². The lowest BCUT2D eigenvalue weighted by molar-refractivity contribution is -0.141. The number of nitrogens with two attached hydrogens (primary N) is 1. The summed E-state index contributed by atoms with van der Waals surface area (Å²) in [5, 5.41) is 16.4. The monoisotopic (exact) mass is 449 g/mol. The van der Waals surface area contributed by atoms with Crippen LogP contribution in [0.4, 0.5) is 24.5 Å². The van der Waals surface area contributed by atoms with Gasteiger partial charge in [-0.1, -0.05) is 6.07 Å². The van der Waals surface area contributed by atoms with Crippen LogP contribution in [0.5, 0.6) is 0 Å². The highest BCUT2D eigenvalue weighted by Crippen LogP contribution is 2.32. The molecule has 3 rings (SSSR count). The highest BCUT2D eigenvalue weighted by atomic mass is 19.4. The number of aromatic nitrogens is 1. The number of nitrogens with zero attached hydrogens (tertiary/aromatic N) is 2. The van der Waals surface area contributed by atoms with Gasteiger partial charge in [0.15, 0.2) is 0 Å². The van der Waals surface area contributed by atoms with Gasteiger partial charge < -0.3 is 21.5 Å². The van der Waals surface area contributed by atoms with Crippen molar-refractivity contribution in [2.75, 3.05) is 24.1 Å². The lowest BCUT2D eigenvalue weighted by Crippen LogP contribution is -2.29. The number of amides is 1. The molecule has 10 heteroatoms. The number of carbonyl (C=O) groups is 1. The van der Waals surface area contributed by atoms with Crippen LogP contribution in [0.1, 0.15) is 54.0 Å². The van der Waals surface area contributed by atoms with Crippen molar-refractivity contribution in [2.24, 2.45) is 4.99 Å². The van der Waals surface area contributed by atoms with Gasteiger partial charge in [-0.2, -0.15) is 13.2 Å². The maximum absolute atomic E-state index is 13.0. The van der Waals surface area contributed by atoms with E-state index in [0.29, 0.717) is 16.8 Å².